The Kier molecular flexibility index (Phi) is 4.07. The largest absolute Gasteiger partial charge is 0.481 e. The van der Waals surface area contributed by atoms with E-state index in [1.54, 1.807) is 4.90 Å². The maximum absolute atomic E-state index is 12.3. The number of ether oxygens (including phenoxy) is 1. The van der Waals surface area contributed by atoms with Gasteiger partial charge in [-0.25, -0.2) is 0 Å². The zero-order chi connectivity index (χ0) is 14.0. The number of carbonyl (C=O) groups is 3. The second-order valence-corrected chi connectivity index (χ2v) is 5.28. The standard InChI is InChI=1S/C13H19NO5/c1-19-13(18)8-5-6-14(7-8)11(15)9-3-2-4-10(9)12(16)17/h8-10H,2-7H2,1H3,(H,16,17). The van der Waals surface area contributed by atoms with Crippen LogP contribution < -0.4 is 0 Å². The molecular formula is C13H19NO5. The second kappa shape index (κ2) is 5.59. The molecule has 1 aliphatic carbocycles. The zero-order valence-electron chi connectivity index (χ0n) is 11.0. The van der Waals surface area contributed by atoms with Gasteiger partial charge in [-0.05, 0) is 19.3 Å². The highest BCUT2D eigenvalue weighted by Gasteiger charge is 2.42. The van der Waals surface area contributed by atoms with Crippen molar-refractivity contribution >= 4 is 17.8 Å². The van der Waals surface area contributed by atoms with Gasteiger partial charge in [-0.1, -0.05) is 6.42 Å². The fraction of sp³-hybridized carbons (Fsp3) is 0.769. The maximum atomic E-state index is 12.3. The first-order valence-electron chi connectivity index (χ1n) is 6.64. The number of rotatable bonds is 3. The average Bonchev–Trinajstić information content (AvgIpc) is 3.05. The summed E-state index contributed by atoms with van der Waals surface area (Å²) in [5.74, 6) is -2.55. The lowest BCUT2D eigenvalue weighted by Gasteiger charge is -2.22. The molecule has 1 aliphatic heterocycles. The van der Waals surface area contributed by atoms with Gasteiger partial charge < -0.3 is 14.7 Å². The van der Waals surface area contributed by atoms with E-state index in [2.05, 4.69) is 4.74 Å². The highest BCUT2D eigenvalue weighted by atomic mass is 16.5. The number of likely N-dealkylation sites (tertiary alicyclic amines) is 1. The van der Waals surface area contributed by atoms with Crippen molar-refractivity contribution in [3.05, 3.63) is 0 Å². The van der Waals surface area contributed by atoms with Crippen molar-refractivity contribution in [3.63, 3.8) is 0 Å². The third-order valence-corrected chi connectivity index (χ3v) is 4.18. The second-order valence-electron chi connectivity index (χ2n) is 5.28. The molecule has 1 saturated carbocycles. The molecule has 19 heavy (non-hydrogen) atoms. The van der Waals surface area contributed by atoms with E-state index in [1.165, 1.54) is 7.11 Å². The highest BCUT2D eigenvalue weighted by molar-refractivity contribution is 5.86. The van der Waals surface area contributed by atoms with Crippen LogP contribution in [-0.2, 0) is 19.1 Å². The summed E-state index contributed by atoms with van der Waals surface area (Å²) in [7, 11) is 1.34. The molecule has 0 aromatic carbocycles. The van der Waals surface area contributed by atoms with E-state index in [-0.39, 0.29) is 17.8 Å². The molecule has 3 unspecified atom stereocenters. The number of carboxylic acid groups (broad SMARTS) is 1. The lowest BCUT2D eigenvalue weighted by molar-refractivity contribution is -0.149. The first-order chi connectivity index (χ1) is 9.04. The third-order valence-electron chi connectivity index (χ3n) is 4.18. The molecule has 0 aromatic rings. The van der Waals surface area contributed by atoms with Gasteiger partial charge in [0.1, 0.15) is 0 Å². The van der Waals surface area contributed by atoms with E-state index >= 15 is 0 Å². The van der Waals surface area contributed by atoms with Crippen LogP contribution in [0.4, 0.5) is 0 Å². The van der Waals surface area contributed by atoms with E-state index in [0.29, 0.717) is 32.4 Å². The predicted octanol–water partition coefficient (Wildman–Crippen LogP) is 0.509. The Labute approximate surface area is 111 Å². The first kappa shape index (κ1) is 13.8. The Balaban J connectivity index is 1.97. The summed E-state index contributed by atoms with van der Waals surface area (Å²) in [6.45, 7) is 0.871. The molecule has 1 saturated heterocycles. The first-order valence-corrected chi connectivity index (χ1v) is 6.64. The zero-order valence-corrected chi connectivity index (χ0v) is 11.0. The fourth-order valence-electron chi connectivity index (χ4n) is 3.11. The van der Waals surface area contributed by atoms with Crippen LogP contribution in [0.15, 0.2) is 0 Å². The van der Waals surface area contributed by atoms with Gasteiger partial charge in [0.25, 0.3) is 0 Å². The minimum atomic E-state index is -0.889. The number of hydrogen-bond acceptors (Lipinski definition) is 4. The van der Waals surface area contributed by atoms with Gasteiger partial charge in [0.2, 0.25) is 5.91 Å². The maximum Gasteiger partial charge on any atom is 0.310 e. The van der Waals surface area contributed by atoms with E-state index in [0.717, 1.165) is 6.42 Å². The molecule has 2 rings (SSSR count). The van der Waals surface area contributed by atoms with Crippen molar-refractivity contribution < 1.29 is 24.2 Å². The van der Waals surface area contributed by atoms with Crippen LogP contribution in [0.2, 0.25) is 0 Å². The summed E-state index contributed by atoms with van der Waals surface area (Å²) in [6.07, 6.45) is 2.58. The van der Waals surface area contributed by atoms with Crippen LogP contribution in [0, 0.1) is 17.8 Å². The van der Waals surface area contributed by atoms with Crippen molar-refractivity contribution in [2.24, 2.45) is 17.8 Å². The van der Waals surface area contributed by atoms with Gasteiger partial charge in [-0.2, -0.15) is 0 Å². The number of esters is 1. The fourth-order valence-corrected chi connectivity index (χ4v) is 3.11. The molecular weight excluding hydrogens is 250 g/mol. The summed E-state index contributed by atoms with van der Waals surface area (Å²) in [5.41, 5.74) is 0. The van der Waals surface area contributed by atoms with Crippen LogP contribution in [0.3, 0.4) is 0 Å². The summed E-state index contributed by atoms with van der Waals surface area (Å²) in [5, 5.41) is 9.11. The average molecular weight is 269 g/mol. The minimum Gasteiger partial charge on any atom is -0.481 e. The van der Waals surface area contributed by atoms with Crippen LogP contribution in [0.25, 0.3) is 0 Å². The molecule has 3 atom stereocenters. The highest BCUT2D eigenvalue weighted by Crippen LogP contribution is 2.34. The van der Waals surface area contributed by atoms with Gasteiger partial charge in [0.05, 0.1) is 24.9 Å². The normalized spacial score (nSPS) is 30.4. The minimum absolute atomic E-state index is 0.115. The molecule has 1 heterocycles. The van der Waals surface area contributed by atoms with Gasteiger partial charge in [0.15, 0.2) is 0 Å². The third kappa shape index (κ3) is 2.72. The van der Waals surface area contributed by atoms with E-state index in [9.17, 15) is 14.4 Å². The molecule has 0 spiro atoms. The number of aliphatic carboxylic acids is 1. The summed E-state index contributed by atoms with van der Waals surface area (Å²) < 4.78 is 4.68. The Hall–Kier alpha value is -1.59. The molecule has 0 bridgehead atoms. The van der Waals surface area contributed by atoms with Gasteiger partial charge in [0, 0.05) is 13.1 Å². The van der Waals surface area contributed by atoms with Crippen molar-refractivity contribution in [2.45, 2.75) is 25.7 Å². The molecule has 1 N–H and O–H groups in total. The topological polar surface area (TPSA) is 83.9 Å². The predicted molar refractivity (Wildman–Crippen MR) is 65.2 cm³/mol. The number of hydrogen-bond donors (Lipinski definition) is 1. The molecule has 0 aromatic heterocycles. The van der Waals surface area contributed by atoms with Gasteiger partial charge in [-0.15, -0.1) is 0 Å². The number of amides is 1. The Morgan fingerprint density at radius 1 is 1.16 bits per heavy atom. The summed E-state index contributed by atoms with van der Waals surface area (Å²) in [4.78, 5) is 36.5. The van der Waals surface area contributed by atoms with Crippen molar-refractivity contribution in [1.82, 2.24) is 4.90 Å². The van der Waals surface area contributed by atoms with Crippen molar-refractivity contribution in [1.29, 1.82) is 0 Å². The molecule has 2 aliphatic rings. The Morgan fingerprint density at radius 2 is 1.84 bits per heavy atom. The Bertz CT molecular complexity index is 394. The van der Waals surface area contributed by atoms with E-state index < -0.39 is 17.8 Å². The van der Waals surface area contributed by atoms with Crippen molar-refractivity contribution in [3.8, 4) is 0 Å². The molecule has 106 valence electrons. The van der Waals surface area contributed by atoms with Crippen LogP contribution >= 0.6 is 0 Å². The number of nitrogens with zero attached hydrogens (tertiary/aromatic N) is 1. The van der Waals surface area contributed by atoms with Crippen molar-refractivity contribution in [2.75, 3.05) is 20.2 Å². The molecule has 6 heteroatoms. The SMILES string of the molecule is COC(=O)C1CCN(C(=O)C2CCCC2C(=O)O)C1. The monoisotopic (exact) mass is 269 g/mol. The van der Waals surface area contributed by atoms with E-state index in [1.807, 2.05) is 0 Å². The summed E-state index contributed by atoms with van der Waals surface area (Å²) in [6, 6.07) is 0. The molecule has 2 fully saturated rings. The summed E-state index contributed by atoms with van der Waals surface area (Å²) >= 11 is 0. The van der Waals surface area contributed by atoms with E-state index in [4.69, 9.17) is 5.11 Å². The van der Waals surface area contributed by atoms with Crippen LogP contribution in [-0.4, -0.2) is 48.1 Å². The van der Waals surface area contributed by atoms with Crippen LogP contribution in [0.1, 0.15) is 25.7 Å². The quantitative estimate of drug-likeness (QED) is 0.755. The number of carbonyl (C=O) groups excluding carboxylic acids is 2. The number of carboxylic acids is 1. The molecule has 0 radical (unpaired) electrons. The molecule has 6 nitrogen and oxygen atoms in total. The van der Waals surface area contributed by atoms with Gasteiger partial charge in [-0.3, -0.25) is 14.4 Å². The number of methoxy groups -OCH3 is 1. The smallest absolute Gasteiger partial charge is 0.310 e. The van der Waals surface area contributed by atoms with Gasteiger partial charge >= 0.3 is 11.9 Å². The Morgan fingerprint density at radius 3 is 2.47 bits per heavy atom. The lowest BCUT2D eigenvalue weighted by atomic mass is 9.95. The van der Waals surface area contributed by atoms with Crippen LogP contribution in [0.5, 0.6) is 0 Å². The lowest BCUT2D eigenvalue weighted by Crippen LogP contribution is -2.38. The molecule has 1 amide bonds.